The Balaban J connectivity index is 1.90. The van der Waals surface area contributed by atoms with Crippen LogP contribution in [0.5, 0.6) is 0 Å². The van der Waals surface area contributed by atoms with Gasteiger partial charge >= 0.3 is 0 Å². The van der Waals surface area contributed by atoms with E-state index in [1.54, 1.807) is 19.1 Å². The molecule has 2 heterocycles. The van der Waals surface area contributed by atoms with Crippen LogP contribution in [-0.2, 0) is 14.3 Å². The summed E-state index contributed by atoms with van der Waals surface area (Å²) in [6.07, 6.45) is 5.45. The number of carbonyl (C=O) groups excluding carboxylic acids is 2. The third-order valence-corrected chi connectivity index (χ3v) is 8.74. The molecule has 1 aliphatic heterocycles. The SMILES string of the molecule is C=CC[C@H]1C(=O)C2(CCC2)[C@@H](O)CC(=O)N[C@H](/C(Cl)=C/c2csc(C)n2)C/C=C(/C)CCO[C@H](C)[C@H]1O. The molecular weight excluding hydrogens is 512 g/mol. The molecule has 0 unspecified atom stereocenters. The maximum atomic E-state index is 13.7. The molecule has 1 fully saturated rings. The van der Waals surface area contributed by atoms with E-state index in [2.05, 4.69) is 16.9 Å². The number of nitrogens with zero attached hydrogens (tertiary/aromatic N) is 1. The highest BCUT2D eigenvalue weighted by atomic mass is 35.5. The molecule has 0 aromatic carbocycles. The minimum Gasteiger partial charge on any atom is -0.392 e. The van der Waals surface area contributed by atoms with Gasteiger partial charge in [-0.1, -0.05) is 35.7 Å². The number of Topliss-reactive ketones (excluding diaryl/α,β-unsaturated/α-hetero) is 1. The minimum atomic E-state index is -1.17. The van der Waals surface area contributed by atoms with Crippen molar-refractivity contribution in [2.24, 2.45) is 11.3 Å². The molecule has 3 rings (SSSR count). The summed E-state index contributed by atoms with van der Waals surface area (Å²) in [5, 5.41) is 28.4. The number of nitrogens with one attached hydrogen (secondary N) is 1. The quantitative estimate of drug-likeness (QED) is 0.469. The molecule has 37 heavy (non-hydrogen) atoms. The fourth-order valence-electron chi connectivity index (χ4n) is 5.06. The monoisotopic (exact) mass is 550 g/mol. The van der Waals surface area contributed by atoms with E-state index in [0.29, 0.717) is 37.3 Å². The van der Waals surface area contributed by atoms with Gasteiger partial charge in [0.05, 0.1) is 59.4 Å². The summed E-state index contributed by atoms with van der Waals surface area (Å²) >= 11 is 8.18. The van der Waals surface area contributed by atoms with Crippen LogP contribution in [0, 0.1) is 18.3 Å². The zero-order valence-electron chi connectivity index (χ0n) is 21.9. The normalized spacial score (nSPS) is 31.8. The Morgan fingerprint density at radius 2 is 2.08 bits per heavy atom. The van der Waals surface area contributed by atoms with Crippen LogP contribution >= 0.6 is 22.9 Å². The van der Waals surface area contributed by atoms with E-state index in [1.807, 2.05) is 25.3 Å². The van der Waals surface area contributed by atoms with E-state index < -0.39 is 35.7 Å². The Hall–Kier alpha value is -1.84. The molecule has 9 heteroatoms. The number of aryl methyl sites for hydroxylation is 1. The molecule has 0 radical (unpaired) electrons. The molecule has 1 aromatic rings. The zero-order chi connectivity index (χ0) is 27.2. The Kier molecular flexibility index (Phi) is 10.7. The number of hydrogen-bond acceptors (Lipinski definition) is 7. The Labute approximate surface area is 228 Å². The van der Waals surface area contributed by atoms with E-state index in [-0.39, 0.29) is 24.5 Å². The predicted molar refractivity (Wildman–Crippen MR) is 147 cm³/mol. The van der Waals surface area contributed by atoms with Crippen molar-refractivity contribution in [3.8, 4) is 0 Å². The number of halogens is 1. The lowest BCUT2D eigenvalue weighted by molar-refractivity contribution is -0.158. The number of ether oxygens (including phenoxy) is 1. The second-order valence-corrected chi connectivity index (χ2v) is 11.8. The summed E-state index contributed by atoms with van der Waals surface area (Å²) < 4.78 is 5.92. The molecular formula is C28H39ClN2O5S. The smallest absolute Gasteiger partial charge is 0.223 e. The first kappa shape index (κ1) is 29.7. The Bertz CT molecular complexity index is 1030. The highest BCUT2D eigenvalue weighted by Gasteiger charge is 2.53. The van der Waals surface area contributed by atoms with Crippen LogP contribution in [0.25, 0.3) is 6.08 Å². The average molecular weight is 551 g/mol. The number of aromatic nitrogens is 1. The molecule has 1 spiro atoms. The summed E-state index contributed by atoms with van der Waals surface area (Å²) in [6.45, 7) is 9.78. The number of allylic oxidation sites excluding steroid dienone is 1. The first-order valence-corrected chi connectivity index (χ1v) is 14.2. The fourth-order valence-corrected chi connectivity index (χ4v) is 5.88. The molecule has 1 amide bonds. The van der Waals surface area contributed by atoms with Gasteiger partial charge in [-0.05, 0) is 59.0 Å². The number of carbonyl (C=O) groups is 2. The number of thiazole rings is 1. The maximum Gasteiger partial charge on any atom is 0.223 e. The largest absolute Gasteiger partial charge is 0.392 e. The fraction of sp³-hybridized carbons (Fsp3) is 0.607. The summed E-state index contributed by atoms with van der Waals surface area (Å²) in [6, 6.07) is -0.505. The highest BCUT2D eigenvalue weighted by Crippen LogP contribution is 2.48. The molecule has 0 saturated heterocycles. The lowest BCUT2D eigenvalue weighted by atomic mass is 9.58. The van der Waals surface area contributed by atoms with Crippen molar-refractivity contribution in [3.63, 3.8) is 0 Å². The van der Waals surface area contributed by atoms with Gasteiger partial charge in [0.25, 0.3) is 0 Å². The highest BCUT2D eigenvalue weighted by molar-refractivity contribution is 7.09. The van der Waals surface area contributed by atoms with Gasteiger partial charge in [-0.15, -0.1) is 17.9 Å². The number of rotatable bonds is 4. The average Bonchev–Trinajstić information content (AvgIpc) is 3.22. The van der Waals surface area contributed by atoms with Gasteiger partial charge in [-0.25, -0.2) is 4.98 Å². The molecule has 204 valence electrons. The van der Waals surface area contributed by atoms with Crippen LogP contribution in [0.2, 0.25) is 0 Å². The molecule has 3 N–H and O–H groups in total. The number of amides is 1. The summed E-state index contributed by atoms with van der Waals surface area (Å²) in [7, 11) is 0. The van der Waals surface area contributed by atoms with Crippen LogP contribution in [0.3, 0.4) is 0 Å². The van der Waals surface area contributed by atoms with Crippen molar-refractivity contribution in [3.05, 3.63) is 45.4 Å². The second kappa shape index (κ2) is 13.3. The van der Waals surface area contributed by atoms with E-state index in [4.69, 9.17) is 16.3 Å². The number of ketones is 1. The third kappa shape index (κ3) is 7.39. The van der Waals surface area contributed by atoms with Crippen LogP contribution in [-0.4, -0.2) is 57.8 Å². The van der Waals surface area contributed by atoms with Crippen molar-refractivity contribution in [1.82, 2.24) is 10.3 Å². The van der Waals surface area contributed by atoms with Gasteiger partial charge in [0.1, 0.15) is 5.78 Å². The standard InChI is InChI=1S/C28H39ClN2O5S/c1-5-7-21-26(34)18(3)36-13-10-17(2)8-9-23(22(29)14-20-16-37-19(4)30-20)31-25(33)15-24(32)28(27(21)35)11-6-12-28/h5,8,14,16,18,21,23-24,26,32,34H,1,6-7,9-13,15H2,2-4H3,(H,31,33)/b17-8-,22-14-/t18-,21-,23+,24+,26-/m1/s1. The van der Waals surface area contributed by atoms with Crippen molar-refractivity contribution in [1.29, 1.82) is 0 Å². The van der Waals surface area contributed by atoms with Crippen LogP contribution < -0.4 is 5.32 Å². The van der Waals surface area contributed by atoms with E-state index in [0.717, 1.165) is 22.7 Å². The zero-order valence-corrected chi connectivity index (χ0v) is 23.5. The topological polar surface area (TPSA) is 109 Å². The minimum absolute atomic E-state index is 0.224. The third-order valence-electron chi connectivity index (χ3n) is 7.57. The summed E-state index contributed by atoms with van der Waals surface area (Å²) in [5.41, 5.74) is 0.712. The first-order chi connectivity index (χ1) is 17.6. The lowest BCUT2D eigenvalue weighted by Gasteiger charge is -2.46. The first-order valence-electron chi connectivity index (χ1n) is 12.9. The predicted octanol–water partition coefficient (Wildman–Crippen LogP) is 4.70. The van der Waals surface area contributed by atoms with E-state index in [9.17, 15) is 19.8 Å². The maximum absolute atomic E-state index is 13.7. The molecule has 2 aliphatic rings. The molecule has 7 nitrogen and oxygen atoms in total. The number of aliphatic hydroxyl groups excluding tert-OH is 2. The molecule has 0 bridgehead atoms. The van der Waals surface area contributed by atoms with Crippen LogP contribution in [0.15, 0.2) is 34.7 Å². The number of hydrogen-bond donors (Lipinski definition) is 3. The van der Waals surface area contributed by atoms with Gasteiger partial charge in [-0.3, -0.25) is 9.59 Å². The Morgan fingerprint density at radius 3 is 2.68 bits per heavy atom. The van der Waals surface area contributed by atoms with Gasteiger partial charge in [0.15, 0.2) is 0 Å². The van der Waals surface area contributed by atoms with Crippen LogP contribution in [0.1, 0.15) is 69.5 Å². The molecule has 5 atom stereocenters. The van der Waals surface area contributed by atoms with Gasteiger partial charge < -0.3 is 20.3 Å². The molecule has 1 aliphatic carbocycles. The second-order valence-electron chi connectivity index (χ2n) is 10.3. The molecule has 1 aromatic heterocycles. The van der Waals surface area contributed by atoms with E-state index in [1.165, 1.54) is 11.3 Å². The van der Waals surface area contributed by atoms with Crippen molar-refractivity contribution in [2.75, 3.05) is 6.61 Å². The van der Waals surface area contributed by atoms with Crippen molar-refractivity contribution >= 4 is 40.7 Å². The number of aliphatic hydroxyl groups is 2. The van der Waals surface area contributed by atoms with E-state index >= 15 is 0 Å². The summed E-state index contributed by atoms with van der Waals surface area (Å²) in [5.74, 6) is -1.37. The summed E-state index contributed by atoms with van der Waals surface area (Å²) in [4.78, 5) is 31.3. The van der Waals surface area contributed by atoms with Crippen molar-refractivity contribution < 1.29 is 24.5 Å². The molecule has 1 saturated carbocycles. The lowest BCUT2D eigenvalue weighted by Crippen LogP contribution is -2.54. The Morgan fingerprint density at radius 1 is 1.35 bits per heavy atom. The van der Waals surface area contributed by atoms with Gasteiger partial charge in [0, 0.05) is 10.4 Å². The van der Waals surface area contributed by atoms with Gasteiger partial charge in [-0.2, -0.15) is 0 Å². The van der Waals surface area contributed by atoms with Crippen molar-refractivity contribution in [2.45, 2.75) is 90.1 Å². The van der Waals surface area contributed by atoms with Crippen LogP contribution in [0.4, 0.5) is 0 Å². The van der Waals surface area contributed by atoms with Gasteiger partial charge in [0.2, 0.25) is 5.91 Å².